The number of nitrogens with two attached hydrogens (primary N) is 1. The van der Waals surface area contributed by atoms with Gasteiger partial charge in [0.2, 0.25) is 11.8 Å². The monoisotopic (exact) mass is 298 g/mol. The smallest absolute Gasteiger partial charge is 0.326 e. The van der Waals surface area contributed by atoms with Crippen LogP contribution in [0.25, 0.3) is 0 Å². The SMILES string of the molecule is CC(=O)n1cnc(C[C@H](NC(=O)CCN)C(=O)O)c1.[AlH3]. The largest absolute Gasteiger partial charge is 0.480 e. The molecule has 1 atom stereocenters. The predicted octanol–water partition coefficient (Wildman–Crippen LogP) is -2.18. The van der Waals surface area contributed by atoms with Crippen LogP contribution in [-0.4, -0.2) is 62.4 Å². The van der Waals surface area contributed by atoms with E-state index in [1.54, 1.807) is 0 Å². The summed E-state index contributed by atoms with van der Waals surface area (Å²) >= 11 is 0. The second-order valence-corrected chi connectivity index (χ2v) is 3.99. The van der Waals surface area contributed by atoms with Gasteiger partial charge in [0.25, 0.3) is 0 Å². The zero-order valence-corrected chi connectivity index (χ0v) is 10.5. The van der Waals surface area contributed by atoms with E-state index in [1.807, 2.05) is 0 Å². The van der Waals surface area contributed by atoms with E-state index in [-0.39, 0.29) is 42.7 Å². The molecule has 110 valence electrons. The second-order valence-electron chi connectivity index (χ2n) is 3.99. The highest BCUT2D eigenvalue weighted by atomic mass is 27.0. The summed E-state index contributed by atoms with van der Waals surface area (Å²) in [5.41, 5.74) is 5.62. The van der Waals surface area contributed by atoms with Gasteiger partial charge in [0.15, 0.2) is 17.4 Å². The van der Waals surface area contributed by atoms with E-state index < -0.39 is 17.9 Å². The number of hydrogen-bond donors (Lipinski definition) is 3. The van der Waals surface area contributed by atoms with E-state index in [0.29, 0.717) is 5.69 Å². The molecule has 0 bridgehead atoms. The minimum atomic E-state index is -1.16. The Morgan fingerprint density at radius 2 is 2.15 bits per heavy atom. The molecule has 1 aromatic heterocycles. The molecular weight excluding hydrogens is 279 g/mol. The minimum absolute atomic E-state index is 0. The van der Waals surface area contributed by atoms with Crippen LogP contribution >= 0.6 is 0 Å². The van der Waals surface area contributed by atoms with Gasteiger partial charge in [-0.1, -0.05) is 0 Å². The van der Waals surface area contributed by atoms with Crippen molar-refractivity contribution in [1.29, 1.82) is 0 Å². The summed E-state index contributed by atoms with van der Waals surface area (Å²) < 4.78 is 1.25. The first-order valence-electron chi connectivity index (χ1n) is 5.70. The van der Waals surface area contributed by atoms with Gasteiger partial charge in [0.1, 0.15) is 12.4 Å². The standard InChI is InChI=1S/C11H16N4O4.Al.3H/c1-7(16)15-5-8(13-6-15)4-9(11(18)19)14-10(17)2-3-12;;;;/h5-6,9H,2-4,12H2,1H3,(H,14,17)(H,18,19);;;;/t9-;;;;/m0..../s1. The van der Waals surface area contributed by atoms with Crippen molar-refractivity contribution in [3.8, 4) is 0 Å². The summed E-state index contributed by atoms with van der Waals surface area (Å²) in [6.45, 7) is 1.51. The molecule has 0 saturated heterocycles. The van der Waals surface area contributed by atoms with Gasteiger partial charge in [-0.3, -0.25) is 14.2 Å². The molecule has 8 nitrogen and oxygen atoms in total. The van der Waals surface area contributed by atoms with Crippen LogP contribution in [-0.2, 0) is 16.0 Å². The molecule has 0 fully saturated rings. The Labute approximate surface area is 126 Å². The van der Waals surface area contributed by atoms with E-state index in [0.717, 1.165) is 0 Å². The Bertz CT molecular complexity index is 489. The van der Waals surface area contributed by atoms with Gasteiger partial charge in [0.05, 0.1) is 5.69 Å². The Morgan fingerprint density at radius 3 is 2.60 bits per heavy atom. The molecule has 1 aromatic rings. The highest BCUT2D eigenvalue weighted by Crippen LogP contribution is 2.02. The van der Waals surface area contributed by atoms with Crippen molar-refractivity contribution >= 4 is 35.1 Å². The van der Waals surface area contributed by atoms with Crippen LogP contribution in [0.3, 0.4) is 0 Å². The van der Waals surface area contributed by atoms with E-state index in [9.17, 15) is 14.4 Å². The van der Waals surface area contributed by atoms with Crippen molar-refractivity contribution in [2.75, 3.05) is 6.54 Å². The first kappa shape index (κ1) is 18.3. The number of carbonyl (C=O) groups excluding carboxylic acids is 2. The van der Waals surface area contributed by atoms with Gasteiger partial charge >= 0.3 is 5.97 Å². The Balaban J connectivity index is 0.00000361. The third kappa shape index (κ3) is 5.52. The zero-order valence-electron chi connectivity index (χ0n) is 10.5. The van der Waals surface area contributed by atoms with Gasteiger partial charge in [-0.25, -0.2) is 9.78 Å². The number of rotatable bonds is 6. The van der Waals surface area contributed by atoms with E-state index >= 15 is 0 Å². The van der Waals surface area contributed by atoms with Crippen LogP contribution in [0.4, 0.5) is 0 Å². The normalized spacial score (nSPS) is 11.3. The Kier molecular flexibility index (Phi) is 7.76. The second kappa shape index (κ2) is 8.48. The number of amides is 1. The lowest BCUT2D eigenvalue weighted by Crippen LogP contribution is -2.42. The number of imidazole rings is 1. The molecular formula is C11H19AlN4O4. The number of hydrogen-bond acceptors (Lipinski definition) is 5. The number of nitrogens with zero attached hydrogens (tertiary/aromatic N) is 2. The molecule has 0 aliphatic rings. The van der Waals surface area contributed by atoms with E-state index in [4.69, 9.17) is 10.8 Å². The van der Waals surface area contributed by atoms with Gasteiger partial charge in [0, 0.05) is 32.5 Å². The maximum Gasteiger partial charge on any atom is 0.326 e. The van der Waals surface area contributed by atoms with Crippen LogP contribution in [0, 0.1) is 0 Å². The number of carbonyl (C=O) groups is 3. The van der Waals surface area contributed by atoms with Gasteiger partial charge in [-0.2, -0.15) is 0 Å². The van der Waals surface area contributed by atoms with Crippen LogP contribution in [0.5, 0.6) is 0 Å². The predicted molar refractivity (Wildman–Crippen MR) is 75.4 cm³/mol. The summed E-state index contributed by atoms with van der Waals surface area (Å²) in [6.07, 6.45) is 2.81. The van der Waals surface area contributed by atoms with Crippen molar-refractivity contribution in [3.05, 3.63) is 18.2 Å². The fourth-order valence-corrected chi connectivity index (χ4v) is 1.45. The number of carboxylic acid groups (broad SMARTS) is 1. The van der Waals surface area contributed by atoms with Crippen molar-refractivity contribution in [3.63, 3.8) is 0 Å². The van der Waals surface area contributed by atoms with Gasteiger partial charge < -0.3 is 16.2 Å². The van der Waals surface area contributed by atoms with Crippen LogP contribution in [0.1, 0.15) is 23.8 Å². The van der Waals surface area contributed by atoms with Crippen molar-refractivity contribution < 1.29 is 19.5 Å². The van der Waals surface area contributed by atoms with Crippen LogP contribution < -0.4 is 11.1 Å². The first-order chi connectivity index (χ1) is 8.93. The summed E-state index contributed by atoms with van der Waals surface area (Å²) in [6, 6.07) is -1.09. The average Bonchev–Trinajstić information content (AvgIpc) is 2.77. The lowest BCUT2D eigenvalue weighted by Gasteiger charge is -2.12. The number of nitrogens with one attached hydrogen (secondary N) is 1. The highest BCUT2D eigenvalue weighted by molar-refractivity contribution is 5.83. The highest BCUT2D eigenvalue weighted by Gasteiger charge is 2.21. The molecule has 0 saturated carbocycles. The Morgan fingerprint density at radius 1 is 1.50 bits per heavy atom. The minimum Gasteiger partial charge on any atom is -0.480 e. The molecule has 1 amide bonds. The quantitative estimate of drug-likeness (QED) is 0.512. The van der Waals surface area contributed by atoms with Crippen molar-refractivity contribution in [2.45, 2.75) is 25.8 Å². The van der Waals surface area contributed by atoms with Gasteiger partial charge in [-0.05, 0) is 0 Å². The lowest BCUT2D eigenvalue weighted by atomic mass is 10.1. The van der Waals surface area contributed by atoms with E-state index in [2.05, 4.69) is 10.3 Å². The fourth-order valence-electron chi connectivity index (χ4n) is 1.45. The first-order valence-corrected chi connectivity index (χ1v) is 5.70. The summed E-state index contributed by atoms with van der Waals surface area (Å²) in [7, 11) is 0. The molecule has 0 aromatic carbocycles. The number of carboxylic acids is 1. The summed E-state index contributed by atoms with van der Waals surface area (Å²) in [5, 5.41) is 11.4. The summed E-state index contributed by atoms with van der Waals surface area (Å²) in [4.78, 5) is 37.3. The topological polar surface area (TPSA) is 127 Å². The molecule has 4 N–H and O–H groups in total. The van der Waals surface area contributed by atoms with Gasteiger partial charge in [-0.15, -0.1) is 0 Å². The molecule has 0 spiro atoms. The third-order valence-electron chi connectivity index (χ3n) is 2.42. The van der Waals surface area contributed by atoms with Crippen LogP contribution in [0.2, 0.25) is 0 Å². The molecule has 20 heavy (non-hydrogen) atoms. The number of aliphatic carboxylic acids is 1. The molecule has 1 heterocycles. The van der Waals surface area contributed by atoms with E-state index in [1.165, 1.54) is 24.0 Å². The molecule has 0 unspecified atom stereocenters. The molecule has 9 heteroatoms. The fraction of sp³-hybridized carbons (Fsp3) is 0.455. The number of aromatic nitrogens is 2. The molecule has 1 rings (SSSR count). The average molecular weight is 298 g/mol. The zero-order chi connectivity index (χ0) is 14.4. The van der Waals surface area contributed by atoms with Crippen molar-refractivity contribution in [2.24, 2.45) is 5.73 Å². The lowest BCUT2D eigenvalue weighted by molar-refractivity contribution is -0.141. The maximum atomic E-state index is 11.3. The summed E-state index contributed by atoms with van der Waals surface area (Å²) in [5.74, 6) is -1.82. The Hall–Kier alpha value is -1.69. The molecule has 0 aliphatic carbocycles. The molecule has 0 aliphatic heterocycles. The third-order valence-corrected chi connectivity index (χ3v) is 2.42. The maximum absolute atomic E-state index is 11.3. The van der Waals surface area contributed by atoms with Crippen molar-refractivity contribution in [1.82, 2.24) is 14.9 Å². The van der Waals surface area contributed by atoms with Crippen LogP contribution in [0.15, 0.2) is 12.5 Å². The molecule has 0 radical (unpaired) electrons.